The predicted molar refractivity (Wildman–Crippen MR) is 117 cm³/mol. The molecule has 7 heteroatoms. The van der Waals surface area contributed by atoms with E-state index in [0.29, 0.717) is 6.42 Å². The number of hydrogen-bond acceptors (Lipinski definition) is 3. The molecule has 0 radical (unpaired) electrons. The fourth-order valence-corrected chi connectivity index (χ4v) is 3.45. The van der Waals surface area contributed by atoms with Crippen LogP contribution in [0.15, 0.2) is 0 Å². The Morgan fingerprint density at radius 3 is 1.47 bits per heavy atom. The minimum absolute atomic E-state index is 0. The second-order valence-electron chi connectivity index (χ2n) is 8.09. The van der Waals surface area contributed by atoms with Gasteiger partial charge in [0.25, 0.3) is 0 Å². The molecule has 0 aliphatic carbocycles. The molecule has 0 bridgehead atoms. The monoisotopic (exact) mass is 421 g/mol. The standard InChI is InChI=1S/C23H43NO5.Li.H/c1-2-3-4-5-6-7-8-9-10-11-12-13-14-15-16-17-21(25)24-20(23(28)29)18-19-22(26)27;;/h20H,2-19H2,1H3,(H,24,25)(H,26,27)(H,28,29);;/q;+1;-1. The second-order valence-corrected chi connectivity index (χ2v) is 8.09. The zero-order valence-electron chi connectivity index (χ0n) is 20.4. The van der Waals surface area contributed by atoms with Gasteiger partial charge in [0.2, 0.25) is 5.91 Å². The van der Waals surface area contributed by atoms with E-state index in [4.69, 9.17) is 10.2 Å². The molecule has 30 heavy (non-hydrogen) atoms. The summed E-state index contributed by atoms with van der Waals surface area (Å²) in [6.07, 6.45) is 18.8. The summed E-state index contributed by atoms with van der Waals surface area (Å²) in [7, 11) is 0. The molecule has 172 valence electrons. The maximum absolute atomic E-state index is 11.8. The predicted octanol–water partition coefficient (Wildman–Crippen LogP) is 2.80. The van der Waals surface area contributed by atoms with Crippen LogP contribution in [0.3, 0.4) is 0 Å². The van der Waals surface area contributed by atoms with Crippen molar-refractivity contribution in [1.82, 2.24) is 5.32 Å². The van der Waals surface area contributed by atoms with Gasteiger partial charge in [-0.3, -0.25) is 9.59 Å². The number of amides is 1. The summed E-state index contributed by atoms with van der Waals surface area (Å²) < 4.78 is 0. The maximum Gasteiger partial charge on any atom is 1.00 e. The average Bonchev–Trinajstić information content (AvgIpc) is 2.67. The molecule has 0 rings (SSSR count). The first-order valence-corrected chi connectivity index (χ1v) is 11.7. The van der Waals surface area contributed by atoms with Crippen molar-refractivity contribution in [2.24, 2.45) is 0 Å². The number of rotatable bonds is 21. The molecule has 6 nitrogen and oxygen atoms in total. The smallest absolute Gasteiger partial charge is 1.00 e. The maximum atomic E-state index is 11.8. The van der Waals surface area contributed by atoms with Crippen molar-refractivity contribution in [2.45, 2.75) is 129 Å². The molecular formula is C23H44LiNO5. The fourth-order valence-electron chi connectivity index (χ4n) is 3.45. The van der Waals surface area contributed by atoms with E-state index in [1.807, 2.05) is 0 Å². The zero-order valence-corrected chi connectivity index (χ0v) is 19.4. The Labute approximate surface area is 196 Å². The molecule has 0 fully saturated rings. The van der Waals surface area contributed by atoms with Crippen LogP contribution in [0.5, 0.6) is 0 Å². The van der Waals surface area contributed by atoms with Gasteiger partial charge in [0.1, 0.15) is 6.04 Å². The molecule has 0 aromatic carbocycles. The molecule has 1 amide bonds. The van der Waals surface area contributed by atoms with Crippen LogP contribution in [0, 0.1) is 0 Å². The Balaban J connectivity index is -0.00000392. The van der Waals surface area contributed by atoms with Gasteiger partial charge >= 0.3 is 30.8 Å². The summed E-state index contributed by atoms with van der Waals surface area (Å²) in [6, 6.07) is -1.12. The first-order chi connectivity index (χ1) is 14.0. The van der Waals surface area contributed by atoms with Crippen LogP contribution >= 0.6 is 0 Å². The number of nitrogens with one attached hydrogen (secondary N) is 1. The van der Waals surface area contributed by atoms with Crippen molar-refractivity contribution in [3.05, 3.63) is 0 Å². The Morgan fingerprint density at radius 1 is 0.700 bits per heavy atom. The van der Waals surface area contributed by atoms with Crippen molar-refractivity contribution in [3.8, 4) is 0 Å². The van der Waals surface area contributed by atoms with E-state index in [1.165, 1.54) is 77.0 Å². The Morgan fingerprint density at radius 2 is 1.10 bits per heavy atom. The van der Waals surface area contributed by atoms with E-state index in [0.717, 1.165) is 19.3 Å². The molecular weight excluding hydrogens is 377 g/mol. The third-order valence-electron chi connectivity index (χ3n) is 5.29. The molecule has 1 unspecified atom stereocenters. The van der Waals surface area contributed by atoms with Crippen LogP contribution in [0.1, 0.15) is 124 Å². The first kappa shape index (κ1) is 31.2. The van der Waals surface area contributed by atoms with Gasteiger partial charge in [0.15, 0.2) is 0 Å². The summed E-state index contributed by atoms with van der Waals surface area (Å²) in [6.45, 7) is 2.25. The number of carbonyl (C=O) groups is 3. The normalized spacial score (nSPS) is 11.5. The number of hydrogen-bond donors (Lipinski definition) is 3. The second kappa shape index (κ2) is 22.7. The molecule has 0 spiro atoms. The van der Waals surface area contributed by atoms with Crippen LogP contribution in [-0.4, -0.2) is 34.1 Å². The quantitative estimate of drug-likeness (QED) is 0.195. The van der Waals surface area contributed by atoms with Crippen LogP contribution in [0.25, 0.3) is 0 Å². The summed E-state index contributed by atoms with van der Waals surface area (Å²) in [5.74, 6) is -2.55. The van der Waals surface area contributed by atoms with E-state index in [9.17, 15) is 14.4 Å². The number of carboxylic acids is 2. The summed E-state index contributed by atoms with van der Waals surface area (Å²) in [5.41, 5.74) is 0. The van der Waals surface area contributed by atoms with Gasteiger partial charge in [-0.2, -0.15) is 0 Å². The van der Waals surface area contributed by atoms with Crippen molar-refractivity contribution in [2.75, 3.05) is 0 Å². The van der Waals surface area contributed by atoms with Crippen molar-refractivity contribution >= 4 is 17.8 Å². The van der Waals surface area contributed by atoms with E-state index < -0.39 is 18.0 Å². The number of carbonyl (C=O) groups excluding carboxylic acids is 1. The number of unbranched alkanes of at least 4 members (excludes halogenated alkanes) is 14. The average molecular weight is 422 g/mol. The molecule has 0 saturated carbocycles. The zero-order chi connectivity index (χ0) is 21.7. The number of aliphatic carboxylic acids is 2. The van der Waals surface area contributed by atoms with Crippen LogP contribution < -0.4 is 24.2 Å². The van der Waals surface area contributed by atoms with Gasteiger partial charge in [-0.25, -0.2) is 4.79 Å². The summed E-state index contributed by atoms with van der Waals surface area (Å²) in [4.78, 5) is 33.4. The van der Waals surface area contributed by atoms with Crippen molar-refractivity contribution < 1.29 is 44.9 Å². The van der Waals surface area contributed by atoms with Gasteiger partial charge in [-0.15, -0.1) is 0 Å². The molecule has 0 aromatic rings. The largest absolute Gasteiger partial charge is 1.00 e. The van der Waals surface area contributed by atoms with Crippen LogP contribution in [0.4, 0.5) is 0 Å². The van der Waals surface area contributed by atoms with Gasteiger partial charge in [0, 0.05) is 12.8 Å². The molecule has 0 heterocycles. The van der Waals surface area contributed by atoms with Gasteiger partial charge < -0.3 is 17.0 Å². The Hall–Kier alpha value is -0.993. The molecule has 0 aliphatic rings. The number of carboxylic acid groups (broad SMARTS) is 2. The third kappa shape index (κ3) is 21.7. The van der Waals surface area contributed by atoms with E-state index in [2.05, 4.69) is 12.2 Å². The molecule has 3 N–H and O–H groups in total. The first-order valence-electron chi connectivity index (χ1n) is 11.7. The molecule has 0 aromatic heterocycles. The minimum Gasteiger partial charge on any atom is -1.00 e. The summed E-state index contributed by atoms with van der Waals surface area (Å²) in [5, 5.41) is 20.1. The van der Waals surface area contributed by atoms with Crippen molar-refractivity contribution in [1.29, 1.82) is 0 Å². The SMILES string of the molecule is CCCCCCCCCCCCCCCCCC(=O)NC(CCC(=O)O)C(=O)O.[H-].[Li+]. The topological polar surface area (TPSA) is 104 Å². The van der Waals surface area contributed by atoms with E-state index in [-0.39, 0.29) is 39.0 Å². The Kier molecular flexibility index (Phi) is 23.6. The molecule has 0 aliphatic heterocycles. The van der Waals surface area contributed by atoms with E-state index >= 15 is 0 Å². The van der Waals surface area contributed by atoms with E-state index in [1.54, 1.807) is 0 Å². The van der Waals surface area contributed by atoms with Gasteiger partial charge in [0.05, 0.1) is 0 Å². The fraction of sp³-hybridized carbons (Fsp3) is 0.870. The minimum atomic E-state index is -1.18. The third-order valence-corrected chi connectivity index (χ3v) is 5.29. The summed E-state index contributed by atoms with van der Waals surface area (Å²) >= 11 is 0. The Bertz CT molecular complexity index is 452. The van der Waals surface area contributed by atoms with Crippen molar-refractivity contribution in [3.63, 3.8) is 0 Å². The van der Waals surface area contributed by atoms with Gasteiger partial charge in [-0.05, 0) is 12.8 Å². The van der Waals surface area contributed by atoms with Gasteiger partial charge in [-0.1, -0.05) is 96.8 Å². The molecule has 0 saturated heterocycles. The van der Waals surface area contributed by atoms with Crippen LogP contribution in [0.2, 0.25) is 0 Å². The molecule has 1 atom stereocenters. The van der Waals surface area contributed by atoms with Crippen LogP contribution in [-0.2, 0) is 14.4 Å².